The van der Waals surface area contributed by atoms with Crippen molar-refractivity contribution in [2.75, 3.05) is 12.1 Å². The molecule has 10 nitrogen and oxygen atoms in total. The summed E-state index contributed by atoms with van der Waals surface area (Å²) in [5.41, 5.74) is 0.785. The molecule has 4 aromatic rings. The van der Waals surface area contributed by atoms with E-state index in [4.69, 9.17) is 14.2 Å². The van der Waals surface area contributed by atoms with E-state index in [0.29, 0.717) is 27.7 Å². The maximum atomic E-state index is 12.8. The molecule has 1 aliphatic heterocycles. The first kappa shape index (κ1) is 22.5. The zero-order chi connectivity index (χ0) is 24.4. The van der Waals surface area contributed by atoms with Crippen molar-refractivity contribution in [3.8, 4) is 11.5 Å². The van der Waals surface area contributed by atoms with Crippen LogP contribution in [0.2, 0.25) is 0 Å². The highest BCUT2D eigenvalue weighted by Crippen LogP contribution is 2.32. The molecule has 3 heterocycles. The number of amides is 1. The first-order chi connectivity index (χ1) is 17.0. The lowest BCUT2D eigenvalue weighted by molar-refractivity contribution is 0.0469. The number of benzene rings is 2. The van der Waals surface area contributed by atoms with E-state index in [2.05, 4.69) is 15.4 Å². The maximum Gasteiger partial charge on any atom is 0.340 e. The van der Waals surface area contributed by atoms with Gasteiger partial charge < -0.3 is 19.5 Å². The highest BCUT2D eigenvalue weighted by Gasteiger charge is 2.19. The van der Waals surface area contributed by atoms with Crippen LogP contribution in [-0.2, 0) is 17.8 Å². The minimum atomic E-state index is -0.662. The third-order valence-corrected chi connectivity index (χ3v) is 6.15. The molecule has 2 aromatic carbocycles. The van der Waals surface area contributed by atoms with Crippen LogP contribution in [0.4, 0.5) is 5.69 Å². The number of hydrogen-bond acceptors (Lipinski definition) is 9. The summed E-state index contributed by atoms with van der Waals surface area (Å²) in [6.45, 7) is 1.94. The number of hydrogen-bond donors (Lipinski definition) is 1. The molecule has 0 bridgehead atoms. The van der Waals surface area contributed by atoms with Gasteiger partial charge in [-0.25, -0.2) is 9.78 Å². The average molecular weight is 493 g/mol. The van der Waals surface area contributed by atoms with Gasteiger partial charge in [0.2, 0.25) is 11.8 Å². The molecule has 1 aliphatic rings. The number of para-hydroxylation sites is 1. The number of nitrogens with zero attached hydrogens (tertiary/aromatic N) is 3. The first-order valence-corrected chi connectivity index (χ1v) is 11.7. The van der Waals surface area contributed by atoms with Gasteiger partial charge >= 0.3 is 5.97 Å². The van der Waals surface area contributed by atoms with E-state index >= 15 is 0 Å². The lowest BCUT2D eigenvalue weighted by Gasteiger charge is -2.11. The predicted octanol–water partition coefficient (Wildman–Crippen LogP) is 3.44. The second-order valence-electron chi connectivity index (χ2n) is 7.67. The molecule has 0 fully saturated rings. The summed E-state index contributed by atoms with van der Waals surface area (Å²) in [4.78, 5) is 42.8. The average Bonchev–Trinajstić information content (AvgIpc) is 3.49. The summed E-state index contributed by atoms with van der Waals surface area (Å²) in [5.74, 6) is -0.0355. The van der Waals surface area contributed by atoms with Crippen LogP contribution in [0.1, 0.15) is 44.8 Å². The minimum Gasteiger partial charge on any atom is -0.456 e. The number of esters is 1. The normalized spacial score (nSPS) is 12.0. The van der Waals surface area contributed by atoms with E-state index in [1.165, 1.54) is 21.9 Å². The summed E-state index contributed by atoms with van der Waals surface area (Å²) in [6.07, 6.45) is 1.66. The number of rotatable bonds is 7. The van der Waals surface area contributed by atoms with Gasteiger partial charge in [0, 0.05) is 18.1 Å². The molecule has 0 unspecified atom stereocenters. The van der Waals surface area contributed by atoms with Crippen LogP contribution in [0.3, 0.4) is 0 Å². The fourth-order valence-electron chi connectivity index (χ4n) is 3.50. The Kier molecular flexibility index (Phi) is 6.15. The van der Waals surface area contributed by atoms with E-state index in [1.54, 1.807) is 42.5 Å². The molecule has 0 saturated heterocycles. The molecule has 1 N–H and O–H groups in total. The van der Waals surface area contributed by atoms with Gasteiger partial charge in [0.25, 0.3) is 11.5 Å². The summed E-state index contributed by atoms with van der Waals surface area (Å²) in [7, 11) is 0. The van der Waals surface area contributed by atoms with Gasteiger partial charge in [-0.2, -0.15) is 9.61 Å². The smallest absolute Gasteiger partial charge is 0.340 e. The van der Waals surface area contributed by atoms with Crippen molar-refractivity contribution < 1.29 is 23.8 Å². The molecule has 0 saturated carbocycles. The zero-order valence-corrected chi connectivity index (χ0v) is 19.5. The second kappa shape index (κ2) is 9.55. The quantitative estimate of drug-likeness (QED) is 0.390. The monoisotopic (exact) mass is 492 g/mol. The second-order valence-corrected chi connectivity index (χ2v) is 8.71. The Morgan fingerprint density at radius 3 is 2.83 bits per heavy atom. The molecular formula is C24H20N4O6S. The number of aromatic nitrogens is 3. The van der Waals surface area contributed by atoms with Gasteiger partial charge in [0.15, 0.2) is 11.5 Å². The van der Waals surface area contributed by atoms with Gasteiger partial charge in [-0.15, -0.1) is 0 Å². The summed E-state index contributed by atoms with van der Waals surface area (Å²) < 4.78 is 17.2. The van der Waals surface area contributed by atoms with Crippen LogP contribution >= 0.6 is 11.3 Å². The molecule has 1 amide bonds. The maximum absolute atomic E-state index is 12.8. The Morgan fingerprint density at radius 1 is 1.14 bits per heavy atom. The number of anilines is 1. The number of fused-ring (bicyclic) bond motifs is 2. The van der Waals surface area contributed by atoms with Crippen molar-refractivity contribution in [1.29, 1.82) is 0 Å². The van der Waals surface area contributed by atoms with Crippen LogP contribution in [0.5, 0.6) is 11.5 Å². The van der Waals surface area contributed by atoms with Crippen molar-refractivity contribution in [3.63, 3.8) is 0 Å². The molecule has 11 heteroatoms. The summed E-state index contributed by atoms with van der Waals surface area (Å²) >= 11 is 1.33. The lowest BCUT2D eigenvalue weighted by Crippen LogP contribution is -2.18. The molecule has 5 rings (SSSR count). The van der Waals surface area contributed by atoms with Crippen molar-refractivity contribution in [2.24, 2.45) is 0 Å². The topological polar surface area (TPSA) is 121 Å². The number of nitrogens with one attached hydrogen (secondary N) is 1. The van der Waals surface area contributed by atoms with E-state index in [9.17, 15) is 14.4 Å². The molecule has 35 heavy (non-hydrogen) atoms. The summed E-state index contributed by atoms with van der Waals surface area (Å²) in [6, 6.07) is 12.6. The SMILES string of the molecule is CCCc1nn2c(=O)cc(COC(=O)c3ccccc3NC(=O)c3ccc4c(c3)OCO4)nc2s1. The van der Waals surface area contributed by atoms with Gasteiger partial charge in [-0.1, -0.05) is 30.4 Å². The Labute approximate surface area is 203 Å². The van der Waals surface area contributed by atoms with E-state index in [0.717, 1.165) is 17.8 Å². The van der Waals surface area contributed by atoms with Crippen molar-refractivity contribution in [3.05, 3.63) is 80.7 Å². The Balaban J connectivity index is 1.30. The van der Waals surface area contributed by atoms with Crippen LogP contribution in [0.15, 0.2) is 53.3 Å². The number of aryl methyl sites for hydroxylation is 1. The van der Waals surface area contributed by atoms with Gasteiger partial charge in [0.1, 0.15) is 11.6 Å². The van der Waals surface area contributed by atoms with Gasteiger partial charge in [-0.3, -0.25) is 9.59 Å². The lowest BCUT2D eigenvalue weighted by atomic mass is 10.1. The van der Waals surface area contributed by atoms with Crippen LogP contribution in [0, 0.1) is 0 Å². The van der Waals surface area contributed by atoms with Gasteiger partial charge in [-0.05, 0) is 36.8 Å². The van der Waals surface area contributed by atoms with E-state index in [-0.39, 0.29) is 30.2 Å². The van der Waals surface area contributed by atoms with Crippen molar-refractivity contribution in [2.45, 2.75) is 26.4 Å². The highest BCUT2D eigenvalue weighted by atomic mass is 32.1. The van der Waals surface area contributed by atoms with Crippen LogP contribution < -0.4 is 20.3 Å². The number of ether oxygens (including phenoxy) is 3. The fourth-order valence-corrected chi connectivity index (χ4v) is 4.52. The molecule has 0 atom stereocenters. The van der Waals surface area contributed by atoms with Crippen molar-refractivity contribution in [1.82, 2.24) is 14.6 Å². The Morgan fingerprint density at radius 2 is 1.97 bits per heavy atom. The standard InChI is InChI=1S/C24H20N4O6S/c1-2-5-20-27-28-21(29)11-15(25-24(28)35-20)12-32-23(31)16-6-3-4-7-17(16)26-22(30)14-8-9-18-19(10-14)34-13-33-18/h3-4,6-11H,2,5,12-13H2,1H3,(H,26,30). The van der Waals surface area contributed by atoms with Crippen LogP contribution in [-0.4, -0.2) is 33.3 Å². The molecule has 0 spiro atoms. The largest absolute Gasteiger partial charge is 0.456 e. The zero-order valence-electron chi connectivity index (χ0n) is 18.6. The molecule has 0 radical (unpaired) electrons. The first-order valence-electron chi connectivity index (χ1n) is 10.9. The molecule has 0 aliphatic carbocycles. The number of carbonyl (C=O) groups is 2. The fraction of sp³-hybridized carbons (Fsp3) is 0.208. The minimum absolute atomic E-state index is 0.103. The van der Waals surface area contributed by atoms with Crippen molar-refractivity contribution >= 4 is 33.9 Å². The summed E-state index contributed by atoms with van der Waals surface area (Å²) in [5, 5.41) is 7.82. The molecular weight excluding hydrogens is 472 g/mol. The molecule has 178 valence electrons. The van der Waals surface area contributed by atoms with E-state index < -0.39 is 11.9 Å². The Hall–Kier alpha value is -4.25. The molecule has 2 aromatic heterocycles. The van der Waals surface area contributed by atoms with E-state index in [1.807, 2.05) is 6.92 Å². The number of carbonyl (C=O) groups excluding carboxylic acids is 2. The van der Waals surface area contributed by atoms with Gasteiger partial charge in [0.05, 0.1) is 16.9 Å². The predicted molar refractivity (Wildman–Crippen MR) is 127 cm³/mol. The third-order valence-electron chi connectivity index (χ3n) is 5.18. The van der Waals surface area contributed by atoms with Crippen LogP contribution in [0.25, 0.3) is 4.96 Å². The highest BCUT2D eigenvalue weighted by molar-refractivity contribution is 7.16. The third kappa shape index (κ3) is 4.71. The Bertz CT molecular complexity index is 1500.